The predicted molar refractivity (Wildman–Crippen MR) is 105 cm³/mol. The average Bonchev–Trinajstić information content (AvgIpc) is 2.56. The Hall–Kier alpha value is -2.35. The van der Waals surface area contributed by atoms with Crippen LogP contribution in [0, 0.1) is 4.77 Å². The zero-order valence-electron chi connectivity index (χ0n) is 12.7. The van der Waals surface area contributed by atoms with Crippen molar-refractivity contribution in [2.45, 2.75) is 4.90 Å². The minimum atomic E-state index is -0.541. The van der Waals surface area contributed by atoms with Gasteiger partial charge in [-0.1, -0.05) is 29.8 Å². The number of aromatic nitrogens is 2. The number of hydrogen-bond donors (Lipinski definition) is 3. The average molecular weight is 390 g/mol. The van der Waals surface area contributed by atoms with Gasteiger partial charge in [0, 0.05) is 16.1 Å². The first-order valence-corrected chi connectivity index (χ1v) is 8.37. The monoisotopic (exact) mass is 389 g/mol. The Bertz CT molecular complexity index is 1090. The number of aromatic hydroxyl groups is 1. The van der Waals surface area contributed by atoms with Gasteiger partial charge in [0.05, 0.1) is 11.4 Å². The molecule has 0 fully saturated rings. The molecular formula is C17H12ClN3O2S2. The molecule has 0 spiro atoms. The topological polar surface area (TPSA) is 70.4 Å². The van der Waals surface area contributed by atoms with Gasteiger partial charge in [-0.25, -0.2) is 0 Å². The van der Waals surface area contributed by atoms with Crippen LogP contribution < -0.4 is 5.56 Å². The van der Waals surface area contributed by atoms with E-state index in [0.29, 0.717) is 21.3 Å². The second-order valence-electron chi connectivity index (χ2n) is 5.06. The molecule has 0 unspecified atom stereocenters. The molecule has 8 heteroatoms. The summed E-state index contributed by atoms with van der Waals surface area (Å²) >= 11 is 15.5. The van der Waals surface area contributed by atoms with Gasteiger partial charge in [-0.2, -0.15) is 0 Å². The molecule has 0 saturated carbocycles. The smallest absolute Gasteiger partial charge is 0.264 e. The first kappa shape index (κ1) is 17.5. The van der Waals surface area contributed by atoms with Crippen LogP contribution in [-0.4, -0.2) is 20.9 Å². The number of aromatic amines is 1. The van der Waals surface area contributed by atoms with Crippen molar-refractivity contribution in [3.63, 3.8) is 0 Å². The van der Waals surface area contributed by atoms with E-state index in [4.69, 9.17) is 23.8 Å². The number of thiol groups is 1. The number of hydrogen-bond acceptors (Lipinski definition) is 5. The molecule has 5 nitrogen and oxygen atoms in total. The van der Waals surface area contributed by atoms with Crippen molar-refractivity contribution in [2.24, 2.45) is 4.99 Å². The van der Waals surface area contributed by atoms with Gasteiger partial charge >= 0.3 is 0 Å². The second kappa shape index (κ2) is 7.26. The largest absolute Gasteiger partial charge is 0.494 e. The number of H-pyrrole nitrogens is 1. The van der Waals surface area contributed by atoms with Crippen LogP contribution in [0.1, 0.15) is 5.56 Å². The van der Waals surface area contributed by atoms with Gasteiger partial charge in [0.15, 0.2) is 4.77 Å². The number of rotatable bonds is 3. The highest BCUT2D eigenvalue weighted by Gasteiger charge is 2.13. The third-order valence-corrected chi connectivity index (χ3v) is 4.30. The number of aliphatic imine (C=N–C) groups is 1. The molecule has 0 aliphatic rings. The Morgan fingerprint density at radius 2 is 2.00 bits per heavy atom. The molecule has 2 aromatic carbocycles. The van der Waals surface area contributed by atoms with E-state index in [1.165, 1.54) is 10.8 Å². The van der Waals surface area contributed by atoms with E-state index in [1.54, 1.807) is 42.5 Å². The van der Waals surface area contributed by atoms with Crippen LogP contribution in [0.15, 0.2) is 63.2 Å². The SMILES string of the molecule is O=c1[nH]c(=S)n(-c2cccc(Cl)c2)c(O)c1C=Nc1ccccc1S. The van der Waals surface area contributed by atoms with Gasteiger partial charge in [-0.15, -0.1) is 12.6 Å². The number of nitrogens with zero attached hydrogens (tertiary/aromatic N) is 2. The summed E-state index contributed by atoms with van der Waals surface area (Å²) in [6, 6.07) is 13.9. The Morgan fingerprint density at radius 3 is 2.72 bits per heavy atom. The van der Waals surface area contributed by atoms with Crippen molar-refractivity contribution >= 4 is 48.3 Å². The summed E-state index contributed by atoms with van der Waals surface area (Å²) in [5, 5.41) is 11.0. The number of benzene rings is 2. The third kappa shape index (κ3) is 3.68. The van der Waals surface area contributed by atoms with E-state index in [0.717, 1.165) is 0 Å². The Morgan fingerprint density at radius 1 is 1.24 bits per heavy atom. The maximum absolute atomic E-state index is 12.2. The normalized spacial score (nSPS) is 11.1. The van der Waals surface area contributed by atoms with Crippen molar-refractivity contribution in [3.8, 4) is 11.6 Å². The van der Waals surface area contributed by atoms with Crippen molar-refractivity contribution < 1.29 is 5.11 Å². The van der Waals surface area contributed by atoms with Crippen LogP contribution in [0.2, 0.25) is 5.02 Å². The zero-order valence-corrected chi connectivity index (χ0v) is 15.1. The lowest BCUT2D eigenvalue weighted by molar-refractivity contribution is 0.432. The summed E-state index contributed by atoms with van der Waals surface area (Å²) in [5.41, 5.74) is 0.531. The van der Waals surface area contributed by atoms with Crippen molar-refractivity contribution in [3.05, 3.63) is 74.2 Å². The summed E-state index contributed by atoms with van der Waals surface area (Å²) in [5.74, 6) is -0.323. The molecule has 25 heavy (non-hydrogen) atoms. The number of para-hydroxylation sites is 1. The number of halogens is 1. The maximum atomic E-state index is 12.2. The highest BCUT2D eigenvalue weighted by Crippen LogP contribution is 2.24. The van der Waals surface area contributed by atoms with Gasteiger partial charge in [0.2, 0.25) is 5.88 Å². The molecule has 0 aliphatic heterocycles. The first-order valence-electron chi connectivity index (χ1n) is 7.13. The summed E-state index contributed by atoms with van der Waals surface area (Å²) in [7, 11) is 0. The molecule has 0 bridgehead atoms. The molecule has 3 rings (SSSR count). The van der Waals surface area contributed by atoms with E-state index < -0.39 is 5.56 Å². The standard InChI is InChI=1S/C17H12ClN3O2S2/c18-10-4-3-5-11(8-10)21-16(23)12(15(22)20-17(21)25)9-19-13-6-1-2-7-14(13)24/h1-9,23-24H,(H,20,22,25). The Balaban J connectivity index is 2.16. The summed E-state index contributed by atoms with van der Waals surface area (Å²) in [4.78, 5) is 19.6. The third-order valence-electron chi connectivity index (χ3n) is 3.40. The molecular weight excluding hydrogens is 378 g/mol. The van der Waals surface area contributed by atoms with Gasteiger partial charge in [0.25, 0.3) is 5.56 Å². The van der Waals surface area contributed by atoms with E-state index >= 15 is 0 Å². The fourth-order valence-electron chi connectivity index (χ4n) is 2.22. The van der Waals surface area contributed by atoms with Crippen LogP contribution in [0.5, 0.6) is 5.88 Å². The van der Waals surface area contributed by atoms with E-state index in [-0.39, 0.29) is 16.2 Å². The van der Waals surface area contributed by atoms with Crippen molar-refractivity contribution in [1.82, 2.24) is 9.55 Å². The zero-order chi connectivity index (χ0) is 18.0. The minimum Gasteiger partial charge on any atom is -0.494 e. The van der Waals surface area contributed by atoms with Crippen LogP contribution >= 0.6 is 36.4 Å². The van der Waals surface area contributed by atoms with E-state index in [1.807, 2.05) is 6.07 Å². The molecule has 1 heterocycles. The molecule has 0 radical (unpaired) electrons. The number of nitrogens with one attached hydrogen (secondary N) is 1. The summed E-state index contributed by atoms with van der Waals surface area (Å²) < 4.78 is 1.37. The second-order valence-corrected chi connectivity index (χ2v) is 6.36. The quantitative estimate of drug-likeness (QED) is 0.355. The molecule has 3 aromatic rings. The van der Waals surface area contributed by atoms with Gasteiger partial charge in [-0.3, -0.25) is 19.3 Å². The van der Waals surface area contributed by atoms with Gasteiger partial charge < -0.3 is 5.11 Å². The molecule has 2 N–H and O–H groups in total. The predicted octanol–water partition coefficient (Wildman–Crippen LogP) is 4.29. The van der Waals surface area contributed by atoms with Crippen LogP contribution in [0.4, 0.5) is 5.69 Å². The van der Waals surface area contributed by atoms with Crippen molar-refractivity contribution in [2.75, 3.05) is 0 Å². The van der Waals surface area contributed by atoms with Crippen molar-refractivity contribution in [1.29, 1.82) is 0 Å². The molecule has 0 saturated heterocycles. The molecule has 0 atom stereocenters. The van der Waals surface area contributed by atoms with E-state index in [9.17, 15) is 9.90 Å². The lowest BCUT2D eigenvalue weighted by Crippen LogP contribution is -2.18. The van der Waals surface area contributed by atoms with Crippen LogP contribution in [-0.2, 0) is 0 Å². The van der Waals surface area contributed by atoms with Gasteiger partial charge in [0.1, 0.15) is 5.56 Å². The van der Waals surface area contributed by atoms with Gasteiger partial charge in [-0.05, 0) is 42.5 Å². The Labute approximate surface area is 158 Å². The maximum Gasteiger partial charge on any atom is 0.264 e. The Kier molecular flexibility index (Phi) is 5.08. The lowest BCUT2D eigenvalue weighted by Gasteiger charge is -2.11. The van der Waals surface area contributed by atoms with Crippen LogP contribution in [0.3, 0.4) is 0 Å². The first-order chi connectivity index (χ1) is 12.0. The lowest BCUT2D eigenvalue weighted by atomic mass is 10.3. The minimum absolute atomic E-state index is 0.0230. The van der Waals surface area contributed by atoms with Crippen LogP contribution in [0.25, 0.3) is 5.69 Å². The summed E-state index contributed by atoms with van der Waals surface area (Å²) in [6.45, 7) is 0. The van der Waals surface area contributed by atoms with E-state index in [2.05, 4.69) is 22.6 Å². The molecule has 0 aliphatic carbocycles. The molecule has 1 aromatic heterocycles. The highest BCUT2D eigenvalue weighted by atomic mass is 35.5. The fraction of sp³-hybridized carbons (Fsp3) is 0. The summed E-state index contributed by atoms with van der Waals surface area (Å²) in [6.07, 6.45) is 1.28. The fourth-order valence-corrected chi connectivity index (χ4v) is 2.90. The molecule has 0 amide bonds. The molecule has 126 valence electrons. The highest BCUT2D eigenvalue weighted by molar-refractivity contribution is 7.80.